The van der Waals surface area contributed by atoms with Gasteiger partial charge < -0.3 is 10.1 Å². The summed E-state index contributed by atoms with van der Waals surface area (Å²) in [4.78, 5) is 0. The summed E-state index contributed by atoms with van der Waals surface area (Å²) in [5, 5.41) is 7.84. The van der Waals surface area contributed by atoms with Crippen LogP contribution in [0.1, 0.15) is 25.8 Å². The molecule has 1 heterocycles. The number of aromatic nitrogens is 2. The predicted octanol–water partition coefficient (Wildman–Crippen LogP) is 2.81. The molecule has 1 N–H and O–H groups in total. The zero-order chi connectivity index (χ0) is 14.4. The van der Waals surface area contributed by atoms with Crippen molar-refractivity contribution in [3.8, 4) is 11.4 Å². The highest BCUT2D eigenvalue weighted by Crippen LogP contribution is 2.16. The number of nitrogens with zero attached hydrogens (tertiary/aromatic N) is 2. The molecule has 0 unspecified atom stereocenters. The summed E-state index contributed by atoms with van der Waals surface area (Å²) in [6, 6.07) is 8.47. The highest BCUT2D eigenvalue weighted by molar-refractivity contribution is 5.38. The monoisotopic (exact) mass is 273 g/mol. The summed E-state index contributed by atoms with van der Waals surface area (Å²) in [6.07, 6.45) is 6.20. The summed E-state index contributed by atoms with van der Waals surface area (Å²) in [6.45, 7) is 5.38. The Morgan fingerprint density at radius 3 is 2.95 bits per heavy atom. The molecule has 0 aliphatic rings. The zero-order valence-electron chi connectivity index (χ0n) is 12.5. The van der Waals surface area contributed by atoms with E-state index in [-0.39, 0.29) is 0 Å². The van der Waals surface area contributed by atoms with Crippen molar-refractivity contribution in [2.75, 3.05) is 13.7 Å². The lowest BCUT2D eigenvalue weighted by Gasteiger charge is -2.06. The van der Waals surface area contributed by atoms with E-state index in [4.69, 9.17) is 4.74 Å². The van der Waals surface area contributed by atoms with Crippen molar-refractivity contribution in [2.45, 2.75) is 32.7 Å². The number of nitrogens with one attached hydrogen (secondary N) is 1. The van der Waals surface area contributed by atoms with Gasteiger partial charge in [0.2, 0.25) is 0 Å². The van der Waals surface area contributed by atoms with E-state index in [0.717, 1.165) is 30.8 Å². The third kappa shape index (κ3) is 4.10. The van der Waals surface area contributed by atoms with Gasteiger partial charge in [-0.2, -0.15) is 5.10 Å². The smallest absolute Gasteiger partial charge is 0.121 e. The van der Waals surface area contributed by atoms with Crippen LogP contribution in [0.15, 0.2) is 36.7 Å². The minimum absolute atomic E-state index is 0.550. The van der Waals surface area contributed by atoms with Gasteiger partial charge in [-0.05, 0) is 37.1 Å². The van der Waals surface area contributed by atoms with Crippen LogP contribution in [0.3, 0.4) is 0 Å². The van der Waals surface area contributed by atoms with Crippen molar-refractivity contribution in [1.29, 1.82) is 0 Å². The summed E-state index contributed by atoms with van der Waals surface area (Å²) in [5.41, 5.74) is 2.29. The lowest BCUT2D eigenvalue weighted by atomic mass is 10.2. The first-order chi connectivity index (χ1) is 9.69. The molecular formula is C16H23N3O. The molecule has 0 aliphatic carbocycles. The first-order valence-electron chi connectivity index (χ1n) is 7.10. The SMILES string of the molecule is COc1cccc(-n2cc(CCCNC(C)C)cn2)c1. The van der Waals surface area contributed by atoms with Gasteiger partial charge in [0.15, 0.2) is 0 Å². The van der Waals surface area contributed by atoms with E-state index in [1.54, 1.807) is 7.11 Å². The Hall–Kier alpha value is -1.81. The molecule has 0 radical (unpaired) electrons. The largest absolute Gasteiger partial charge is 0.497 e. The van der Waals surface area contributed by atoms with Crippen molar-refractivity contribution < 1.29 is 4.74 Å². The molecule has 20 heavy (non-hydrogen) atoms. The molecule has 0 atom stereocenters. The van der Waals surface area contributed by atoms with Gasteiger partial charge in [0.05, 0.1) is 19.0 Å². The van der Waals surface area contributed by atoms with Crippen LogP contribution in [0.25, 0.3) is 5.69 Å². The van der Waals surface area contributed by atoms with E-state index in [1.807, 2.05) is 35.1 Å². The van der Waals surface area contributed by atoms with E-state index in [2.05, 4.69) is 30.5 Å². The molecule has 108 valence electrons. The number of benzene rings is 1. The molecule has 0 amide bonds. The Kier molecular flexibility index (Phi) is 5.18. The second-order valence-electron chi connectivity index (χ2n) is 5.21. The first kappa shape index (κ1) is 14.6. The molecule has 0 saturated heterocycles. The Morgan fingerprint density at radius 2 is 2.20 bits per heavy atom. The van der Waals surface area contributed by atoms with Crippen LogP contribution in [0.2, 0.25) is 0 Å². The maximum absolute atomic E-state index is 5.24. The quantitative estimate of drug-likeness (QED) is 0.788. The molecule has 0 bridgehead atoms. The minimum atomic E-state index is 0.550. The molecule has 2 rings (SSSR count). The van der Waals surface area contributed by atoms with Crippen molar-refractivity contribution >= 4 is 0 Å². The molecule has 1 aromatic heterocycles. The van der Waals surface area contributed by atoms with E-state index < -0.39 is 0 Å². The summed E-state index contributed by atoms with van der Waals surface area (Å²) in [7, 11) is 1.68. The zero-order valence-corrected chi connectivity index (χ0v) is 12.5. The van der Waals surface area contributed by atoms with Gasteiger partial charge in [0, 0.05) is 18.3 Å². The highest BCUT2D eigenvalue weighted by atomic mass is 16.5. The van der Waals surface area contributed by atoms with Crippen LogP contribution in [-0.4, -0.2) is 29.5 Å². The number of aryl methyl sites for hydroxylation is 1. The topological polar surface area (TPSA) is 39.1 Å². The average Bonchev–Trinajstić information content (AvgIpc) is 2.92. The fourth-order valence-corrected chi connectivity index (χ4v) is 2.07. The summed E-state index contributed by atoms with van der Waals surface area (Å²) >= 11 is 0. The average molecular weight is 273 g/mol. The van der Waals surface area contributed by atoms with Gasteiger partial charge in [-0.15, -0.1) is 0 Å². The van der Waals surface area contributed by atoms with Crippen LogP contribution in [0.5, 0.6) is 5.75 Å². The fraction of sp³-hybridized carbons (Fsp3) is 0.438. The Bertz CT molecular complexity index is 534. The maximum atomic E-state index is 5.24. The predicted molar refractivity (Wildman–Crippen MR) is 81.6 cm³/mol. The molecule has 0 saturated carbocycles. The second-order valence-corrected chi connectivity index (χ2v) is 5.21. The number of ether oxygens (including phenoxy) is 1. The van der Waals surface area contributed by atoms with Crippen LogP contribution >= 0.6 is 0 Å². The number of methoxy groups -OCH3 is 1. The molecule has 4 heteroatoms. The van der Waals surface area contributed by atoms with E-state index >= 15 is 0 Å². The third-order valence-electron chi connectivity index (χ3n) is 3.15. The third-order valence-corrected chi connectivity index (χ3v) is 3.15. The van der Waals surface area contributed by atoms with E-state index in [0.29, 0.717) is 6.04 Å². The van der Waals surface area contributed by atoms with Gasteiger partial charge in [-0.25, -0.2) is 4.68 Å². The van der Waals surface area contributed by atoms with Gasteiger partial charge >= 0.3 is 0 Å². The van der Waals surface area contributed by atoms with Crippen LogP contribution in [0, 0.1) is 0 Å². The van der Waals surface area contributed by atoms with Crippen molar-refractivity contribution in [1.82, 2.24) is 15.1 Å². The summed E-state index contributed by atoms with van der Waals surface area (Å²) in [5.74, 6) is 0.848. The van der Waals surface area contributed by atoms with Crippen molar-refractivity contribution in [3.05, 3.63) is 42.2 Å². The minimum Gasteiger partial charge on any atom is -0.497 e. The van der Waals surface area contributed by atoms with Crippen LogP contribution in [0.4, 0.5) is 0 Å². The number of hydrogen-bond acceptors (Lipinski definition) is 3. The molecule has 0 aliphatic heterocycles. The van der Waals surface area contributed by atoms with Gasteiger partial charge in [0.1, 0.15) is 5.75 Å². The van der Waals surface area contributed by atoms with E-state index in [9.17, 15) is 0 Å². The number of hydrogen-bond donors (Lipinski definition) is 1. The van der Waals surface area contributed by atoms with Crippen molar-refractivity contribution in [2.24, 2.45) is 0 Å². The molecule has 1 aromatic carbocycles. The van der Waals surface area contributed by atoms with E-state index in [1.165, 1.54) is 5.56 Å². The number of rotatable bonds is 7. The fourth-order valence-electron chi connectivity index (χ4n) is 2.07. The van der Waals surface area contributed by atoms with Crippen LogP contribution in [-0.2, 0) is 6.42 Å². The highest BCUT2D eigenvalue weighted by Gasteiger charge is 2.02. The Balaban J connectivity index is 1.94. The van der Waals surface area contributed by atoms with Gasteiger partial charge in [-0.3, -0.25) is 0 Å². The lowest BCUT2D eigenvalue weighted by molar-refractivity contribution is 0.414. The maximum Gasteiger partial charge on any atom is 0.121 e. The molecular weight excluding hydrogens is 250 g/mol. The first-order valence-corrected chi connectivity index (χ1v) is 7.10. The molecule has 0 spiro atoms. The molecule has 4 nitrogen and oxygen atoms in total. The Morgan fingerprint density at radius 1 is 1.35 bits per heavy atom. The van der Waals surface area contributed by atoms with Gasteiger partial charge in [-0.1, -0.05) is 19.9 Å². The lowest BCUT2D eigenvalue weighted by Crippen LogP contribution is -2.23. The molecule has 0 fully saturated rings. The summed E-state index contributed by atoms with van der Waals surface area (Å²) < 4.78 is 7.13. The standard InChI is InChI=1S/C16H23N3O/c1-13(2)17-9-5-6-14-11-18-19(12-14)15-7-4-8-16(10-15)20-3/h4,7-8,10-13,17H,5-6,9H2,1-3H3. The van der Waals surface area contributed by atoms with Crippen molar-refractivity contribution in [3.63, 3.8) is 0 Å². The normalized spacial score (nSPS) is 11.0. The molecule has 2 aromatic rings. The van der Waals surface area contributed by atoms with Gasteiger partial charge in [0.25, 0.3) is 0 Å². The van der Waals surface area contributed by atoms with Crippen LogP contribution < -0.4 is 10.1 Å². The second kappa shape index (κ2) is 7.10. The Labute approximate surface area is 120 Å².